The molecule has 13 heavy (non-hydrogen) atoms. The van der Waals surface area contributed by atoms with Crippen LogP contribution in [-0.4, -0.2) is 17.3 Å². The Morgan fingerprint density at radius 2 is 2.23 bits per heavy atom. The maximum atomic E-state index is 13.1. The molecule has 0 saturated carbocycles. The van der Waals surface area contributed by atoms with Gasteiger partial charge in [-0.25, -0.2) is 4.39 Å². The molecule has 0 aromatic heterocycles. The number of ether oxygens (including phenoxy) is 1. The van der Waals surface area contributed by atoms with E-state index in [0.717, 1.165) is 6.07 Å². The van der Waals surface area contributed by atoms with E-state index in [1.165, 1.54) is 7.11 Å². The molecular weight excluding hydrogens is 243 g/mol. The molecule has 0 spiro atoms. The first-order valence-corrected chi connectivity index (χ1v) is 4.25. The third-order valence-electron chi connectivity index (χ3n) is 1.60. The number of aliphatic hydroxyl groups excluding tert-OH is 1. The van der Waals surface area contributed by atoms with E-state index in [9.17, 15) is 9.50 Å². The number of hydrogen-bond donors (Lipinski definition) is 2. The zero-order valence-electron chi connectivity index (χ0n) is 6.84. The van der Waals surface area contributed by atoms with Gasteiger partial charge in [-0.1, -0.05) is 0 Å². The number of hydrogen-bond acceptors (Lipinski definition) is 3. The summed E-state index contributed by atoms with van der Waals surface area (Å²) < 4.78 is 17.9. The Kier molecular flexibility index (Phi) is 3.11. The van der Waals surface area contributed by atoms with Crippen LogP contribution < -0.4 is 4.74 Å². The lowest BCUT2D eigenvalue weighted by molar-refractivity contribution is 0.273. The van der Waals surface area contributed by atoms with E-state index in [1.807, 2.05) is 0 Å². The van der Waals surface area contributed by atoms with Gasteiger partial charge in [0.25, 0.3) is 0 Å². The van der Waals surface area contributed by atoms with Crippen LogP contribution in [0.4, 0.5) is 4.39 Å². The van der Waals surface area contributed by atoms with Gasteiger partial charge in [0.15, 0.2) is 11.6 Å². The maximum absolute atomic E-state index is 13.1. The summed E-state index contributed by atoms with van der Waals surface area (Å²) >= 11 is 2.96. The molecule has 1 aromatic rings. The molecule has 5 heteroatoms. The van der Waals surface area contributed by atoms with E-state index < -0.39 is 12.4 Å². The Morgan fingerprint density at radius 1 is 1.62 bits per heavy atom. The first-order valence-electron chi connectivity index (χ1n) is 3.46. The summed E-state index contributed by atoms with van der Waals surface area (Å²) in [6.45, 7) is -0.425. The molecule has 0 saturated heterocycles. The Morgan fingerprint density at radius 3 is 2.69 bits per heavy atom. The Balaban J connectivity index is 3.37. The van der Waals surface area contributed by atoms with Crippen molar-refractivity contribution in [2.45, 2.75) is 6.61 Å². The number of rotatable bonds is 2. The van der Waals surface area contributed by atoms with E-state index >= 15 is 0 Å². The summed E-state index contributed by atoms with van der Waals surface area (Å²) in [6.07, 6.45) is 0. The van der Waals surface area contributed by atoms with Crippen molar-refractivity contribution < 1.29 is 19.3 Å². The molecule has 72 valence electrons. The van der Waals surface area contributed by atoms with E-state index in [1.54, 1.807) is 0 Å². The smallest absolute Gasteiger partial charge is 0.172 e. The van der Waals surface area contributed by atoms with E-state index in [-0.39, 0.29) is 21.5 Å². The van der Waals surface area contributed by atoms with Crippen LogP contribution >= 0.6 is 15.9 Å². The van der Waals surface area contributed by atoms with Crippen LogP contribution in [0.1, 0.15) is 5.56 Å². The van der Waals surface area contributed by atoms with Crippen molar-refractivity contribution >= 4 is 15.9 Å². The van der Waals surface area contributed by atoms with Gasteiger partial charge in [-0.15, -0.1) is 0 Å². The molecule has 1 aromatic carbocycles. The normalized spacial score (nSPS) is 10.2. The van der Waals surface area contributed by atoms with Gasteiger partial charge in [-0.2, -0.15) is 0 Å². The summed E-state index contributed by atoms with van der Waals surface area (Å²) in [4.78, 5) is 0. The largest absolute Gasteiger partial charge is 0.506 e. The van der Waals surface area contributed by atoms with Crippen molar-refractivity contribution in [3.8, 4) is 11.5 Å². The third-order valence-corrected chi connectivity index (χ3v) is 2.34. The lowest BCUT2D eigenvalue weighted by Gasteiger charge is -2.09. The van der Waals surface area contributed by atoms with Gasteiger partial charge in [-0.05, 0) is 22.0 Å². The summed E-state index contributed by atoms with van der Waals surface area (Å²) in [5, 5.41) is 18.1. The highest BCUT2D eigenvalue weighted by atomic mass is 79.9. The predicted octanol–water partition coefficient (Wildman–Crippen LogP) is 1.79. The van der Waals surface area contributed by atoms with Crippen molar-refractivity contribution in [1.82, 2.24) is 0 Å². The number of methoxy groups -OCH3 is 1. The zero-order valence-corrected chi connectivity index (χ0v) is 8.43. The number of aromatic hydroxyl groups is 1. The highest BCUT2D eigenvalue weighted by Gasteiger charge is 2.15. The summed E-state index contributed by atoms with van der Waals surface area (Å²) in [5.41, 5.74) is 0.116. The van der Waals surface area contributed by atoms with Crippen molar-refractivity contribution in [3.63, 3.8) is 0 Å². The fourth-order valence-electron chi connectivity index (χ4n) is 0.948. The van der Waals surface area contributed by atoms with Gasteiger partial charge in [0.05, 0.1) is 13.7 Å². The topological polar surface area (TPSA) is 49.7 Å². The highest BCUT2D eigenvalue weighted by Crippen LogP contribution is 2.38. The van der Waals surface area contributed by atoms with Gasteiger partial charge in [0.1, 0.15) is 10.2 Å². The Bertz CT molecular complexity index is 328. The average molecular weight is 251 g/mol. The predicted molar refractivity (Wildman–Crippen MR) is 48.2 cm³/mol. The first kappa shape index (κ1) is 10.3. The number of benzene rings is 1. The lowest BCUT2D eigenvalue weighted by atomic mass is 10.2. The Labute approximate surface area is 82.9 Å². The van der Waals surface area contributed by atoms with Gasteiger partial charge < -0.3 is 14.9 Å². The van der Waals surface area contributed by atoms with Crippen LogP contribution in [0.25, 0.3) is 0 Å². The molecule has 0 aliphatic heterocycles. The standard InChI is InChI=1S/C8H8BrFO3/c1-13-8-5(10)2-4(3-11)7(12)6(8)9/h2,11-12H,3H2,1H3. The minimum atomic E-state index is -0.628. The molecule has 2 N–H and O–H groups in total. The zero-order chi connectivity index (χ0) is 10.0. The molecule has 3 nitrogen and oxygen atoms in total. The SMILES string of the molecule is COc1c(F)cc(CO)c(O)c1Br. The van der Waals surface area contributed by atoms with E-state index in [4.69, 9.17) is 9.84 Å². The fourth-order valence-corrected chi connectivity index (χ4v) is 1.55. The van der Waals surface area contributed by atoms with Gasteiger partial charge >= 0.3 is 0 Å². The first-order chi connectivity index (χ1) is 6.11. The molecule has 0 bridgehead atoms. The quantitative estimate of drug-likeness (QED) is 0.842. The Hall–Kier alpha value is -0.810. The number of aliphatic hydroxyl groups is 1. The fraction of sp³-hybridized carbons (Fsp3) is 0.250. The minimum Gasteiger partial charge on any atom is -0.506 e. The second-order valence-corrected chi connectivity index (χ2v) is 3.16. The van der Waals surface area contributed by atoms with Crippen LogP contribution in [0.2, 0.25) is 0 Å². The number of phenols is 1. The summed E-state index contributed by atoms with van der Waals surface area (Å²) in [6, 6.07) is 1.03. The van der Waals surface area contributed by atoms with E-state index in [2.05, 4.69) is 15.9 Å². The van der Waals surface area contributed by atoms with Crippen LogP contribution in [-0.2, 0) is 6.61 Å². The molecule has 1 rings (SSSR count). The third kappa shape index (κ3) is 1.76. The van der Waals surface area contributed by atoms with Crippen molar-refractivity contribution in [2.24, 2.45) is 0 Å². The van der Waals surface area contributed by atoms with Crippen LogP contribution in [0.15, 0.2) is 10.5 Å². The summed E-state index contributed by atoms with van der Waals surface area (Å²) in [7, 11) is 1.29. The highest BCUT2D eigenvalue weighted by molar-refractivity contribution is 9.10. The average Bonchev–Trinajstić information content (AvgIpc) is 2.12. The number of halogens is 2. The van der Waals surface area contributed by atoms with Crippen LogP contribution in [0.5, 0.6) is 11.5 Å². The molecule has 0 amide bonds. The molecule has 0 radical (unpaired) electrons. The van der Waals surface area contributed by atoms with Crippen molar-refractivity contribution in [1.29, 1.82) is 0 Å². The molecular formula is C8H8BrFO3. The van der Waals surface area contributed by atoms with Gasteiger partial charge in [-0.3, -0.25) is 0 Å². The van der Waals surface area contributed by atoms with Crippen LogP contribution in [0, 0.1) is 5.82 Å². The molecule has 0 atom stereocenters. The van der Waals surface area contributed by atoms with Crippen molar-refractivity contribution in [3.05, 3.63) is 21.9 Å². The van der Waals surface area contributed by atoms with Crippen LogP contribution in [0.3, 0.4) is 0 Å². The van der Waals surface area contributed by atoms with Gasteiger partial charge in [0, 0.05) is 5.56 Å². The van der Waals surface area contributed by atoms with Crippen molar-refractivity contribution in [2.75, 3.05) is 7.11 Å². The minimum absolute atomic E-state index is 0.0744. The van der Waals surface area contributed by atoms with E-state index in [0.29, 0.717) is 0 Å². The molecule has 0 aliphatic carbocycles. The monoisotopic (exact) mass is 250 g/mol. The maximum Gasteiger partial charge on any atom is 0.172 e. The second-order valence-electron chi connectivity index (χ2n) is 2.37. The summed E-state index contributed by atoms with van der Waals surface area (Å²) in [5.74, 6) is -0.910. The van der Waals surface area contributed by atoms with Gasteiger partial charge in [0.2, 0.25) is 0 Å². The molecule has 0 aliphatic rings. The second kappa shape index (κ2) is 3.93. The lowest BCUT2D eigenvalue weighted by Crippen LogP contribution is -1.94. The molecule has 0 fully saturated rings. The molecule has 0 unspecified atom stereocenters. The molecule has 0 heterocycles.